The number of rotatable bonds is 3. The fraction of sp³-hybridized carbons (Fsp3) is 1.00. The van der Waals surface area contributed by atoms with Crippen molar-refractivity contribution in [1.29, 1.82) is 0 Å². The fourth-order valence-electron chi connectivity index (χ4n) is 3.50. The Balaban J connectivity index is 2.63. The molecule has 0 amide bonds. The van der Waals surface area contributed by atoms with Crippen molar-refractivity contribution in [3.8, 4) is 0 Å². The van der Waals surface area contributed by atoms with Gasteiger partial charge in [-0.3, -0.25) is 0 Å². The summed E-state index contributed by atoms with van der Waals surface area (Å²) in [4.78, 5) is 0. The van der Waals surface area contributed by atoms with E-state index in [-0.39, 0.29) is 17.2 Å². The van der Waals surface area contributed by atoms with Gasteiger partial charge in [0.25, 0.3) is 0 Å². The molecular weight excluding hydrogens is 368 g/mol. The van der Waals surface area contributed by atoms with Crippen molar-refractivity contribution in [2.24, 2.45) is 16.7 Å². The molecule has 0 radical (unpaired) electrons. The Bertz CT molecular complexity index is 314. The Morgan fingerprint density at radius 2 is 1.47 bits per heavy atom. The molecule has 2 aliphatic rings. The topological polar surface area (TPSA) is 0 Å². The second-order valence-corrected chi connectivity index (χ2v) is 8.15. The average Bonchev–Trinajstić information content (AvgIpc) is 2.61. The number of alkyl halides is 7. The second kappa shape index (κ2) is 4.79. The van der Waals surface area contributed by atoms with E-state index in [1.807, 2.05) is 0 Å². The van der Waals surface area contributed by atoms with E-state index in [0.717, 1.165) is 0 Å². The van der Waals surface area contributed by atoms with Gasteiger partial charge in [0.05, 0.1) is 10.8 Å². The highest BCUT2D eigenvalue weighted by atomic mass is 35.5. The van der Waals surface area contributed by atoms with E-state index in [0.29, 0.717) is 18.2 Å². The van der Waals surface area contributed by atoms with Crippen LogP contribution < -0.4 is 0 Å². The SMILES string of the molecule is ClCC1(CCl)[C@H]2CC(Cl)(Cl)[C@@]1(CCl)[C@@H](Cl)[C@@H]2Cl. The van der Waals surface area contributed by atoms with Gasteiger partial charge in [-0.1, -0.05) is 0 Å². The van der Waals surface area contributed by atoms with Crippen molar-refractivity contribution in [2.45, 2.75) is 21.5 Å². The summed E-state index contributed by atoms with van der Waals surface area (Å²) in [5.74, 6) is 0.812. The molecule has 0 aromatic heterocycles. The molecule has 0 N–H and O–H groups in total. The monoisotopic (exact) mass is 376 g/mol. The molecule has 0 heterocycles. The molecule has 0 aromatic carbocycles. The molecule has 0 aromatic rings. The van der Waals surface area contributed by atoms with Crippen LogP contribution in [0.25, 0.3) is 0 Å². The lowest BCUT2D eigenvalue weighted by Crippen LogP contribution is -2.54. The molecule has 2 rings (SSSR count). The number of hydrogen-bond acceptors (Lipinski definition) is 0. The molecule has 4 atom stereocenters. The Morgan fingerprint density at radius 1 is 0.941 bits per heavy atom. The summed E-state index contributed by atoms with van der Waals surface area (Å²) < 4.78 is -1.03. The lowest BCUT2D eigenvalue weighted by Gasteiger charge is -2.47. The number of fused-ring (bicyclic) bond motifs is 2. The van der Waals surface area contributed by atoms with Gasteiger partial charge in [0, 0.05) is 28.5 Å². The Kier molecular flexibility index (Phi) is 4.35. The number of halogens is 7. The van der Waals surface area contributed by atoms with Gasteiger partial charge in [-0.25, -0.2) is 0 Å². The summed E-state index contributed by atoms with van der Waals surface area (Å²) >= 11 is 44.1. The molecule has 0 spiro atoms. The van der Waals surface area contributed by atoms with Gasteiger partial charge in [0.15, 0.2) is 0 Å². The summed E-state index contributed by atoms with van der Waals surface area (Å²) in [5, 5.41) is -0.675. The molecule has 0 unspecified atom stereocenters. The zero-order chi connectivity index (χ0) is 13.1. The van der Waals surface area contributed by atoms with E-state index < -0.39 is 20.5 Å². The lowest BCUT2D eigenvalue weighted by molar-refractivity contribution is 0.160. The third kappa shape index (κ3) is 1.59. The first-order valence-electron chi connectivity index (χ1n) is 5.18. The molecule has 2 aliphatic carbocycles. The predicted molar refractivity (Wildman–Crippen MR) is 78.9 cm³/mol. The van der Waals surface area contributed by atoms with E-state index in [9.17, 15) is 0 Å². The summed E-state index contributed by atoms with van der Waals surface area (Å²) in [6.45, 7) is 0. The normalized spacial score (nSPS) is 46.4. The van der Waals surface area contributed by atoms with Crippen LogP contribution in [0.2, 0.25) is 0 Å². The highest BCUT2D eigenvalue weighted by Crippen LogP contribution is 2.76. The molecule has 0 saturated heterocycles. The van der Waals surface area contributed by atoms with Gasteiger partial charge in [0.2, 0.25) is 0 Å². The van der Waals surface area contributed by atoms with Crippen molar-refractivity contribution < 1.29 is 0 Å². The largest absolute Gasteiger partial charge is 0.127 e. The minimum Gasteiger partial charge on any atom is -0.126 e. The molecule has 0 nitrogen and oxygen atoms in total. The van der Waals surface area contributed by atoms with Crippen molar-refractivity contribution in [3.05, 3.63) is 0 Å². The third-order valence-electron chi connectivity index (χ3n) is 4.55. The average molecular weight is 379 g/mol. The molecule has 2 saturated carbocycles. The van der Waals surface area contributed by atoms with Crippen LogP contribution in [0.4, 0.5) is 0 Å². The molecule has 2 bridgehead atoms. The maximum absolute atomic E-state index is 6.44. The van der Waals surface area contributed by atoms with E-state index in [2.05, 4.69) is 0 Å². The van der Waals surface area contributed by atoms with Crippen LogP contribution in [0.15, 0.2) is 0 Å². The number of hydrogen-bond donors (Lipinski definition) is 0. The van der Waals surface area contributed by atoms with Crippen LogP contribution >= 0.6 is 81.2 Å². The van der Waals surface area contributed by atoms with Crippen molar-refractivity contribution in [2.75, 3.05) is 17.6 Å². The van der Waals surface area contributed by atoms with Gasteiger partial charge in [-0.05, 0) is 12.3 Å². The van der Waals surface area contributed by atoms with Crippen LogP contribution in [-0.4, -0.2) is 32.7 Å². The van der Waals surface area contributed by atoms with Crippen molar-refractivity contribution >= 4 is 81.2 Å². The Labute approximate surface area is 136 Å². The predicted octanol–water partition coefficient (Wildman–Crippen LogP) is 5.10. The standard InChI is InChI=1S/C10H11Cl7/c11-2-8(3-12)5-1-10(16,17)9(8,4-13)7(15)6(5)14/h5-7H,1-4H2/t5-,6+,7-,9-/m0/s1. The van der Waals surface area contributed by atoms with Gasteiger partial charge >= 0.3 is 0 Å². The van der Waals surface area contributed by atoms with Crippen LogP contribution in [0.1, 0.15) is 6.42 Å². The minimum absolute atomic E-state index is 0.00424. The third-order valence-corrected chi connectivity index (χ3v) is 8.24. The summed E-state index contributed by atoms with van der Waals surface area (Å²) in [7, 11) is 0. The summed E-state index contributed by atoms with van der Waals surface area (Å²) in [6, 6.07) is 0. The Hall–Kier alpha value is 2.03. The van der Waals surface area contributed by atoms with E-state index >= 15 is 0 Å². The molecule has 100 valence electrons. The maximum Gasteiger partial charge on any atom is 0.127 e. The highest BCUT2D eigenvalue weighted by molar-refractivity contribution is 6.51. The Morgan fingerprint density at radius 3 is 1.82 bits per heavy atom. The van der Waals surface area contributed by atoms with Gasteiger partial charge < -0.3 is 0 Å². The smallest absolute Gasteiger partial charge is 0.126 e. The first kappa shape index (κ1) is 15.4. The van der Waals surface area contributed by atoms with E-state index in [1.54, 1.807) is 0 Å². The van der Waals surface area contributed by atoms with E-state index in [4.69, 9.17) is 81.2 Å². The summed E-state index contributed by atoms with van der Waals surface area (Å²) in [6.07, 6.45) is 0.527. The molecule has 7 heteroatoms. The van der Waals surface area contributed by atoms with Crippen LogP contribution in [0, 0.1) is 16.7 Å². The first-order chi connectivity index (χ1) is 7.84. The van der Waals surface area contributed by atoms with Crippen LogP contribution in [0.3, 0.4) is 0 Å². The quantitative estimate of drug-likeness (QED) is 0.599. The fourth-order valence-corrected chi connectivity index (χ4v) is 7.92. The summed E-state index contributed by atoms with van der Waals surface area (Å²) in [5.41, 5.74) is -1.24. The first-order valence-corrected chi connectivity index (χ1v) is 8.42. The molecular formula is C10H11Cl7. The van der Waals surface area contributed by atoms with Crippen LogP contribution in [-0.2, 0) is 0 Å². The van der Waals surface area contributed by atoms with Crippen molar-refractivity contribution in [3.63, 3.8) is 0 Å². The second-order valence-electron chi connectivity index (χ2n) is 4.89. The molecule has 2 fully saturated rings. The maximum atomic E-state index is 6.44. The zero-order valence-corrected chi connectivity index (χ0v) is 14.0. The minimum atomic E-state index is -1.03. The van der Waals surface area contributed by atoms with Crippen molar-refractivity contribution in [1.82, 2.24) is 0 Å². The van der Waals surface area contributed by atoms with Gasteiger partial charge in [-0.15, -0.1) is 81.2 Å². The van der Waals surface area contributed by atoms with Crippen LogP contribution in [0.5, 0.6) is 0 Å². The highest BCUT2D eigenvalue weighted by Gasteiger charge is 2.79. The molecule has 0 aliphatic heterocycles. The van der Waals surface area contributed by atoms with Gasteiger partial charge in [-0.2, -0.15) is 0 Å². The van der Waals surface area contributed by atoms with Gasteiger partial charge in [0.1, 0.15) is 4.33 Å². The molecule has 17 heavy (non-hydrogen) atoms. The zero-order valence-electron chi connectivity index (χ0n) is 8.71. The van der Waals surface area contributed by atoms with E-state index in [1.165, 1.54) is 0 Å². The lowest BCUT2D eigenvalue weighted by atomic mass is 9.70.